The number of likely N-dealkylation sites (tertiary alicyclic amines) is 1. The van der Waals surface area contributed by atoms with Gasteiger partial charge in [0.2, 0.25) is 0 Å². The summed E-state index contributed by atoms with van der Waals surface area (Å²) in [5, 5.41) is 0. The standard InChI is InChI=1S/C35H43FN2/c1-6-37-35(28(5)27(4)20-29-11-10-12-33(36)22-29)34-23-31(16-14-26(34)3)32-19-25(2)13-15-30(21-32)24-38-17-8-7-9-18-38/h10-12,14-16,19,21-23,27H,5-9,13,17-18,20,24H2,1-4H3/t27-/m0/s1. The van der Waals surface area contributed by atoms with E-state index in [1.807, 2.05) is 6.07 Å². The van der Waals surface area contributed by atoms with Crippen LogP contribution in [0.25, 0.3) is 5.57 Å². The summed E-state index contributed by atoms with van der Waals surface area (Å²) in [5.74, 6) is -0.0523. The predicted octanol–water partition coefficient (Wildman–Crippen LogP) is 8.52. The molecule has 1 aliphatic heterocycles. The first-order valence-corrected chi connectivity index (χ1v) is 14.2. The Balaban J connectivity index is 1.62. The summed E-state index contributed by atoms with van der Waals surface area (Å²) in [5.41, 5.74) is 10.5. The van der Waals surface area contributed by atoms with E-state index in [4.69, 9.17) is 4.99 Å². The largest absolute Gasteiger partial charge is 0.299 e. The third kappa shape index (κ3) is 7.29. The maximum Gasteiger partial charge on any atom is 0.123 e. The average Bonchev–Trinajstić information content (AvgIpc) is 3.09. The molecule has 1 aliphatic carbocycles. The van der Waals surface area contributed by atoms with E-state index in [2.05, 4.69) is 75.6 Å². The number of halogens is 1. The molecule has 3 heteroatoms. The lowest BCUT2D eigenvalue weighted by atomic mass is 9.86. The zero-order valence-corrected chi connectivity index (χ0v) is 23.7. The van der Waals surface area contributed by atoms with Gasteiger partial charge in [-0.3, -0.25) is 9.89 Å². The van der Waals surface area contributed by atoms with Crippen LogP contribution in [0.1, 0.15) is 68.7 Å². The van der Waals surface area contributed by atoms with Crippen LogP contribution in [0.2, 0.25) is 0 Å². The zero-order chi connectivity index (χ0) is 27.1. The summed E-state index contributed by atoms with van der Waals surface area (Å²) < 4.78 is 13.8. The molecular weight excluding hydrogens is 467 g/mol. The number of hydrogen-bond donors (Lipinski definition) is 0. The molecule has 0 N–H and O–H groups in total. The summed E-state index contributed by atoms with van der Waals surface area (Å²) in [6, 6.07) is 13.6. The number of allylic oxidation sites excluding steroid dienone is 5. The van der Waals surface area contributed by atoms with Gasteiger partial charge in [0.15, 0.2) is 0 Å². The molecule has 2 aliphatic rings. The highest BCUT2D eigenvalue weighted by atomic mass is 19.1. The van der Waals surface area contributed by atoms with E-state index in [-0.39, 0.29) is 11.7 Å². The number of aryl methyl sites for hydroxylation is 1. The van der Waals surface area contributed by atoms with Gasteiger partial charge in [-0.2, -0.15) is 0 Å². The Labute approximate surface area is 229 Å². The molecule has 0 radical (unpaired) electrons. The van der Waals surface area contributed by atoms with E-state index in [1.165, 1.54) is 66.3 Å². The second kappa shape index (κ2) is 13.2. The van der Waals surface area contributed by atoms with Gasteiger partial charge in [-0.05, 0) is 117 Å². The van der Waals surface area contributed by atoms with Gasteiger partial charge in [0, 0.05) is 18.7 Å². The van der Waals surface area contributed by atoms with Crippen LogP contribution in [-0.4, -0.2) is 36.8 Å². The Morgan fingerprint density at radius 3 is 2.58 bits per heavy atom. The molecule has 1 atom stereocenters. The third-order valence-corrected chi connectivity index (χ3v) is 7.76. The van der Waals surface area contributed by atoms with Gasteiger partial charge >= 0.3 is 0 Å². The molecule has 1 saturated heterocycles. The van der Waals surface area contributed by atoms with Crippen molar-refractivity contribution in [1.82, 2.24) is 4.90 Å². The van der Waals surface area contributed by atoms with Crippen LogP contribution < -0.4 is 0 Å². The fourth-order valence-corrected chi connectivity index (χ4v) is 5.52. The van der Waals surface area contributed by atoms with E-state index in [0.717, 1.165) is 41.8 Å². The van der Waals surface area contributed by atoms with E-state index >= 15 is 0 Å². The molecule has 2 aromatic rings. The molecule has 0 unspecified atom stereocenters. The van der Waals surface area contributed by atoms with Gasteiger partial charge in [0.1, 0.15) is 5.82 Å². The fourth-order valence-electron chi connectivity index (χ4n) is 5.52. The zero-order valence-electron chi connectivity index (χ0n) is 23.7. The first-order valence-electron chi connectivity index (χ1n) is 14.2. The van der Waals surface area contributed by atoms with E-state index in [0.29, 0.717) is 6.54 Å². The first-order chi connectivity index (χ1) is 18.3. The lowest BCUT2D eigenvalue weighted by Gasteiger charge is -2.27. The first kappa shape index (κ1) is 28.0. The van der Waals surface area contributed by atoms with Crippen molar-refractivity contribution in [2.24, 2.45) is 10.9 Å². The summed E-state index contributed by atoms with van der Waals surface area (Å²) in [6.07, 6.45) is 12.8. The Hall–Kier alpha value is -3.04. The number of rotatable bonds is 9. The van der Waals surface area contributed by atoms with Gasteiger partial charge in [0.05, 0.1) is 5.71 Å². The lowest BCUT2D eigenvalue weighted by Crippen LogP contribution is -2.31. The van der Waals surface area contributed by atoms with Gasteiger partial charge in [-0.1, -0.05) is 68.0 Å². The van der Waals surface area contributed by atoms with Crippen LogP contribution in [0, 0.1) is 18.7 Å². The number of piperidine rings is 1. The minimum Gasteiger partial charge on any atom is -0.299 e. The summed E-state index contributed by atoms with van der Waals surface area (Å²) in [4.78, 5) is 7.54. The maximum atomic E-state index is 13.8. The highest BCUT2D eigenvalue weighted by Gasteiger charge is 2.19. The molecule has 200 valence electrons. The van der Waals surface area contributed by atoms with Crippen LogP contribution in [0.15, 0.2) is 89.0 Å². The number of aliphatic imine (C=N–C) groups is 1. The van der Waals surface area contributed by atoms with E-state index < -0.39 is 0 Å². The molecule has 2 nitrogen and oxygen atoms in total. The van der Waals surface area contributed by atoms with Crippen LogP contribution in [0.5, 0.6) is 0 Å². The summed E-state index contributed by atoms with van der Waals surface area (Å²) in [7, 11) is 0. The van der Waals surface area contributed by atoms with Gasteiger partial charge in [0.25, 0.3) is 0 Å². The molecule has 0 aromatic heterocycles. The van der Waals surface area contributed by atoms with Crippen molar-refractivity contribution in [3.63, 3.8) is 0 Å². The minimum atomic E-state index is -0.194. The fraction of sp³-hybridized carbons (Fsp3) is 0.400. The van der Waals surface area contributed by atoms with Gasteiger partial charge in [-0.25, -0.2) is 4.39 Å². The normalized spacial score (nSPS) is 17.8. The van der Waals surface area contributed by atoms with Crippen molar-refractivity contribution >= 4 is 11.3 Å². The van der Waals surface area contributed by atoms with Crippen molar-refractivity contribution in [2.45, 2.75) is 59.8 Å². The number of hydrogen-bond acceptors (Lipinski definition) is 2. The number of nitrogens with zero attached hydrogens (tertiary/aromatic N) is 2. The second-order valence-electron chi connectivity index (χ2n) is 11.0. The Morgan fingerprint density at radius 2 is 1.84 bits per heavy atom. The van der Waals surface area contributed by atoms with Gasteiger partial charge < -0.3 is 0 Å². The van der Waals surface area contributed by atoms with Crippen molar-refractivity contribution in [3.05, 3.63) is 112 Å². The number of benzene rings is 2. The third-order valence-electron chi connectivity index (χ3n) is 7.76. The van der Waals surface area contributed by atoms with Crippen LogP contribution >= 0.6 is 0 Å². The Bertz CT molecular complexity index is 1270. The molecule has 0 amide bonds. The SMILES string of the molecule is C=C(C(=NCC)c1cc(C2=CC(CN3CCCCC3)=CCC(C)=C2)ccc1C)[C@@H](C)Cc1cccc(F)c1. The minimum absolute atomic E-state index is 0.142. The average molecular weight is 511 g/mol. The van der Waals surface area contributed by atoms with Gasteiger partial charge in [-0.15, -0.1) is 0 Å². The molecule has 38 heavy (non-hydrogen) atoms. The van der Waals surface area contributed by atoms with Crippen LogP contribution in [0.4, 0.5) is 4.39 Å². The molecule has 4 rings (SSSR count). The van der Waals surface area contributed by atoms with E-state index in [1.54, 1.807) is 12.1 Å². The highest BCUT2D eigenvalue weighted by Crippen LogP contribution is 2.29. The second-order valence-corrected chi connectivity index (χ2v) is 11.0. The molecule has 0 spiro atoms. The predicted molar refractivity (Wildman–Crippen MR) is 161 cm³/mol. The lowest BCUT2D eigenvalue weighted by molar-refractivity contribution is 0.248. The van der Waals surface area contributed by atoms with Crippen molar-refractivity contribution < 1.29 is 4.39 Å². The Morgan fingerprint density at radius 1 is 1.05 bits per heavy atom. The quantitative estimate of drug-likeness (QED) is 0.309. The molecule has 1 heterocycles. The molecule has 0 saturated carbocycles. The van der Waals surface area contributed by atoms with Crippen LogP contribution in [-0.2, 0) is 6.42 Å². The van der Waals surface area contributed by atoms with Crippen LogP contribution in [0.3, 0.4) is 0 Å². The van der Waals surface area contributed by atoms with Crippen molar-refractivity contribution in [3.8, 4) is 0 Å². The topological polar surface area (TPSA) is 15.6 Å². The summed E-state index contributed by atoms with van der Waals surface area (Å²) >= 11 is 0. The summed E-state index contributed by atoms with van der Waals surface area (Å²) in [6.45, 7) is 17.2. The molecule has 0 bridgehead atoms. The monoisotopic (exact) mass is 510 g/mol. The maximum absolute atomic E-state index is 13.8. The van der Waals surface area contributed by atoms with Crippen molar-refractivity contribution in [1.29, 1.82) is 0 Å². The molecule has 1 fully saturated rings. The highest BCUT2D eigenvalue weighted by molar-refractivity contribution is 6.13. The van der Waals surface area contributed by atoms with E-state index in [9.17, 15) is 4.39 Å². The van der Waals surface area contributed by atoms with Crippen molar-refractivity contribution in [2.75, 3.05) is 26.2 Å². The molecule has 2 aromatic carbocycles. The molecular formula is C35H43FN2. The Kier molecular flexibility index (Phi) is 9.69. The smallest absolute Gasteiger partial charge is 0.123 e.